The van der Waals surface area contributed by atoms with Gasteiger partial charge in [0.2, 0.25) is 5.91 Å². The number of carbonyl (C=O) groups is 1. The number of carbonyl (C=O) groups excluding carboxylic acids is 1. The van der Waals surface area contributed by atoms with Crippen LogP contribution in [0, 0.1) is 0 Å². The number of benzene rings is 1. The van der Waals surface area contributed by atoms with Crippen molar-refractivity contribution < 1.29 is 14.4 Å². The predicted octanol–water partition coefficient (Wildman–Crippen LogP) is 1.74. The van der Waals surface area contributed by atoms with E-state index in [1.54, 1.807) is 4.90 Å². The van der Waals surface area contributed by atoms with Crippen LogP contribution >= 0.6 is 0 Å². The number of amides is 1. The molecular weight excluding hydrogens is 256 g/mol. The van der Waals surface area contributed by atoms with E-state index in [9.17, 15) is 9.90 Å². The van der Waals surface area contributed by atoms with Crippen molar-refractivity contribution in [3.8, 4) is 0 Å². The Hall–Kier alpha value is -1.88. The number of likely N-dealkylation sites (tertiary alicyclic amines) is 1. The molecule has 1 aliphatic heterocycles. The molecule has 0 bridgehead atoms. The lowest BCUT2D eigenvalue weighted by atomic mass is 10.0. The van der Waals surface area contributed by atoms with E-state index in [2.05, 4.69) is 5.16 Å². The summed E-state index contributed by atoms with van der Waals surface area (Å²) in [7, 11) is 0. The number of hydrogen-bond acceptors (Lipinski definition) is 4. The van der Waals surface area contributed by atoms with Crippen molar-refractivity contribution in [2.45, 2.75) is 31.7 Å². The molecule has 3 rings (SSSR count). The molecule has 106 valence electrons. The van der Waals surface area contributed by atoms with Gasteiger partial charge in [0.1, 0.15) is 5.69 Å². The lowest BCUT2D eigenvalue weighted by Crippen LogP contribution is -2.46. The van der Waals surface area contributed by atoms with Crippen LogP contribution in [-0.2, 0) is 11.2 Å². The zero-order valence-electron chi connectivity index (χ0n) is 11.3. The monoisotopic (exact) mass is 274 g/mol. The van der Waals surface area contributed by atoms with E-state index >= 15 is 0 Å². The van der Waals surface area contributed by atoms with Crippen LogP contribution in [0.2, 0.25) is 0 Å². The van der Waals surface area contributed by atoms with E-state index in [-0.39, 0.29) is 25.0 Å². The van der Waals surface area contributed by atoms with Crippen molar-refractivity contribution in [2.75, 3.05) is 13.2 Å². The number of aliphatic hydroxyl groups is 1. The molecule has 1 aliphatic rings. The summed E-state index contributed by atoms with van der Waals surface area (Å²) < 4.78 is 5.22. The van der Waals surface area contributed by atoms with Gasteiger partial charge < -0.3 is 14.5 Å². The Labute approximate surface area is 117 Å². The van der Waals surface area contributed by atoms with Crippen LogP contribution in [0.25, 0.3) is 11.0 Å². The summed E-state index contributed by atoms with van der Waals surface area (Å²) in [5.74, 6) is 0.0165. The van der Waals surface area contributed by atoms with Gasteiger partial charge in [-0.15, -0.1) is 0 Å². The fourth-order valence-electron chi connectivity index (χ4n) is 2.83. The Morgan fingerprint density at radius 3 is 3.10 bits per heavy atom. The Morgan fingerprint density at radius 1 is 1.40 bits per heavy atom. The fraction of sp³-hybridized carbons (Fsp3) is 0.467. The Balaban J connectivity index is 1.78. The second-order valence-corrected chi connectivity index (χ2v) is 5.22. The maximum Gasteiger partial charge on any atom is 0.229 e. The molecule has 0 radical (unpaired) electrons. The highest BCUT2D eigenvalue weighted by Crippen LogP contribution is 2.21. The summed E-state index contributed by atoms with van der Waals surface area (Å²) in [6.07, 6.45) is 3.18. The molecule has 1 N–H and O–H groups in total. The minimum absolute atomic E-state index is 0.0165. The Bertz CT molecular complexity index is 608. The second kappa shape index (κ2) is 5.63. The summed E-state index contributed by atoms with van der Waals surface area (Å²) in [6, 6.07) is 7.49. The van der Waals surface area contributed by atoms with Crippen LogP contribution in [0.5, 0.6) is 0 Å². The first-order valence-corrected chi connectivity index (χ1v) is 7.03. The molecule has 1 unspecified atom stereocenters. The zero-order valence-corrected chi connectivity index (χ0v) is 11.3. The first kappa shape index (κ1) is 13.1. The van der Waals surface area contributed by atoms with Crippen LogP contribution in [0.4, 0.5) is 0 Å². The highest BCUT2D eigenvalue weighted by Gasteiger charge is 2.27. The van der Waals surface area contributed by atoms with E-state index in [1.807, 2.05) is 24.3 Å². The molecule has 0 saturated carbocycles. The Morgan fingerprint density at radius 2 is 2.25 bits per heavy atom. The third kappa shape index (κ3) is 2.41. The summed E-state index contributed by atoms with van der Waals surface area (Å²) >= 11 is 0. The molecule has 1 aromatic carbocycles. The molecule has 2 aromatic rings. The minimum Gasteiger partial charge on any atom is -0.394 e. The van der Waals surface area contributed by atoms with Gasteiger partial charge in [-0.2, -0.15) is 0 Å². The van der Waals surface area contributed by atoms with Crippen molar-refractivity contribution in [2.24, 2.45) is 0 Å². The Kier molecular flexibility index (Phi) is 3.69. The van der Waals surface area contributed by atoms with E-state index in [0.717, 1.165) is 31.2 Å². The second-order valence-electron chi connectivity index (χ2n) is 5.22. The average Bonchev–Trinajstić information content (AvgIpc) is 2.90. The van der Waals surface area contributed by atoms with Crippen LogP contribution in [0.1, 0.15) is 25.0 Å². The summed E-state index contributed by atoms with van der Waals surface area (Å²) in [5.41, 5.74) is 1.38. The molecule has 1 aromatic heterocycles. The molecule has 0 aliphatic carbocycles. The largest absolute Gasteiger partial charge is 0.394 e. The molecular formula is C15H18N2O3. The summed E-state index contributed by atoms with van der Waals surface area (Å²) in [5, 5.41) is 14.3. The lowest BCUT2D eigenvalue weighted by Gasteiger charge is -2.34. The maximum atomic E-state index is 12.4. The zero-order chi connectivity index (χ0) is 13.9. The van der Waals surface area contributed by atoms with Crippen molar-refractivity contribution in [3.05, 3.63) is 30.0 Å². The molecule has 5 heteroatoms. The van der Waals surface area contributed by atoms with Gasteiger partial charge in [-0.25, -0.2) is 0 Å². The standard InChI is InChI=1S/C15H18N2O3/c18-10-11-5-3-4-8-17(11)15(19)9-13-12-6-1-2-7-14(12)20-16-13/h1-2,6-7,11,18H,3-5,8-10H2. The predicted molar refractivity (Wildman–Crippen MR) is 74.2 cm³/mol. The number of fused-ring (bicyclic) bond motifs is 1. The van der Waals surface area contributed by atoms with E-state index < -0.39 is 0 Å². The molecule has 20 heavy (non-hydrogen) atoms. The van der Waals surface area contributed by atoms with Crippen LogP contribution in [-0.4, -0.2) is 40.3 Å². The highest BCUT2D eigenvalue weighted by molar-refractivity contribution is 5.86. The molecule has 5 nitrogen and oxygen atoms in total. The number of rotatable bonds is 3. The minimum atomic E-state index is -0.0468. The molecule has 1 amide bonds. The van der Waals surface area contributed by atoms with E-state index in [1.165, 1.54) is 0 Å². The number of aromatic nitrogens is 1. The number of para-hydroxylation sites is 1. The number of piperidine rings is 1. The quantitative estimate of drug-likeness (QED) is 0.926. The van der Waals surface area contributed by atoms with Crippen molar-refractivity contribution in [3.63, 3.8) is 0 Å². The summed E-state index contributed by atoms with van der Waals surface area (Å²) in [6.45, 7) is 0.755. The molecule has 1 saturated heterocycles. The normalized spacial score (nSPS) is 19.4. The van der Waals surface area contributed by atoms with Gasteiger partial charge in [0.25, 0.3) is 0 Å². The first-order valence-electron chi connectivity index (χ1n) is 7.03. The van der Waals surface area contributed by atoms with E-state index in [4.69, 9.17) is 4.52 Å². The third-order valence-corrected chi connectivity index (χ3v) is 3.93. The highest BCUT2D eigenvalue weighted by atomic mass is 16.5. The number of hydrogen-bond donors (Lipinski definition) is 1. The van der Waals surface area contributed by atoms with Crippen LogP contribution in [0.3, 0.4) is 0 Å². The topological polar surface area (TPSA) is 66.6 Å². The fourth-order valence-corrected chi connectivity index (χ4v) is 2.83. The number of nitrogens with zero attached hydrogens (tertiary/aromatic N) is 2. The van der Waals surface area contributed by atoms with Gasteiger partial charge in [-0.05, 0) is 31.4 Å². The third-order valence-electron chi connectivity index (χ3n) is 3.93. The smallest absolute Gasteiger partial charge is 0.229 e. The molecule has 2 heterocycles. The molecule has 0 spiro atoms. The maximum absolute atomic E-state index is 12.4. The average molecular weight is 274 g/mol. The van der Waals surface area contributed by atoms with E-state index in [0.29, 0.717) is 11.3 Å². The van der Waals surface area contributed by atoms with Crippen molar-refractivity contribution in [1.29, 1.82) is 0 Å². The lowest BCUT2D eigenvalue weighted by molar-refractivity contribution is -0.135. The van der Waals surface area contributed by atoms with Crippen LogP contribution < -0.4 is 0 Å². The van der Waals surface area contributed by atoms with Crippen molar-refractivity contribution in [1.82, 2.24) is 10.1 Å². The number of aliphatic hydroxyl groups excluding tert-OH is 1. The van der Waals surface area contributed by atoms with Gasteiger partial charge in [0, 0.05) is 11.9 Å². The van der Waals surface area contributed by atoms with Gasteiger partial charge in [-0.3, -0.25) is 4.79 Å². The SMILES string of the molecule is O=C(Cc1noc2ccccc12)N1CCCCC1CO. The van der Waals surface area contributed by atoms with Crippen LogP contribution in [0.15, 0.2) is 28.8 Å². The first-order chi connectivity index (χ1) is 9.79. The molecule has 1 atom stereocenters. The van der Waals surface area contributed by atoms with Gasteiger partial charge >= 0.3 is 0 Å². The van der Waals surface area contributed by atoms with Gasteiger partial charge in [0.15, 0.2) is 5.58 Å². The van der Waals surface area contributed by atoms with Gasteiger partial charge in [-0.1, -0.05) is 17.3 Å². The van der Waals surface area contributed by atoms with Crippen molar-refractivity contribution >= 4 is 16.9 Å². The van der Waals surface area contributed by atoms with Gasteiger partial charge in [0.05, 0.1) is 19.1 Å². The molecule has 1 fully saturated rings. The summed E-state index contributed by atoms with van der Waals surface area (Å²) in [4.78, 5) is 14.2.